The van der Waals surface area contributed by atoms with E-state index in [2.05, 4.69) is 37.3 Å². The molecule has 4 nitrogen and oxygen atoms in total. The molecule has 1 aliphatic rings. The fraction of sp³-hybridized carbons (Fsp3) is 0.391. The second kappa shape index (κ2) is 9.74. The highest BCUT2D eigenvalue weighted by molar-refractivity contribution is 7.99. The molecule has 0 aliphatic carbocycles. The number of carbonyl (C=O) groups excluding carboxylic acids is 1. The summed E-state index contributed by atoms with van der Waals surface area (Å²) in [5.74, 6) is 1.38. The van der Waals surface area contributed by atoms with Gasteiger partial charge in [-0.3, -0.25) is 9.69 Å². The number of anilines is 1. The van der Waals surface area contributed by atoms with E-state index < -0.39 is 0 Å². The summed E-state index contributed by atoms with van der Waals surface area (Å²) in [6.45, 7) is 3.53. The molecule has 1 saturated heterocycles. The fourth-order valence-electron chi connectivity index (χ4n) is 3.48. The van der Waals surface area contributed by atoms with E-state index in [-0.39, 0.29) is 12.0 Å². The number of hydrogen-bond donors (Lipinski definition) is 0. The van der Waals surface area contributed by atoms with Crippen molar-refractivity contribution in [1.29, 1.82) is 0 Å². The molecule has 0 bridgehead atoms. The minimum absolute atomic E-state index is 0.108. The molecule has 0 N–H and O–H groups in total. The van der Waals surface area contributed by atoms with Gasteiger partial charge in [0, 0.05) is 12.4 Å². The number of fused-ring (bicyclic) bond motifs is 1. The molecular weight excluding hydrogens is 400 g/mol. The van der Waals surface area contributed by atoms with Gasteiger partial charge in [-0.1, -0.05) is 54.7 Å². The Labute approximate surface area is 180 Å². The van der Waals surface area contributed by atoms with Gasteiger partial charge in [0.1, 0.15) is 0 Å². The Bertz CT molecular complexity index is 952. The molecule has 1 fully saturated rings. The van der Waals surface area contributed by atoms with E-state index in [0.29, 0.717) is 12.3 Å². The van der Waals surface area contributed by atoms with E-state index in [1.165, 1.54) is 11.1 Å². The average molecular weight is 427 g/mol. The van der Waals surface area contributed by atoms with Crippen LogP contribution in [0.2, 0.25) is 0 Å². The predicted octanol–water partition coefficient (Wildman–Crippen LogP) is 5.30. The summed E-state index contributed by atoms with van der Waals surface area (Å²) in [6, 6.07) is 16.6. The van der Waals surface area contributed by atoms with Crippen molar-refractivity contribution < 1.29 is 9.53 Å². The molecule has 1 aromatic heterocycles. The molecule has 1 unspecified atom stereocenters. The van der Waals surface area contributed by atoms with Crippen molar-refractivity contribution in [3.05, 3.63) is 59.7 Å². The number of carbonyl (C=O) groups is 1. The van der Waals surface area contributed by atoms with Crippen LogP contribution in [0.25, 0.3) is 10.2 Å². The van der Waals surface area contributed by atoms with Crippen molar-refractivity contribution in [3.63, 3.8) is 0 Å². The van der Waals surface area contributed by atoms with Gasteiger partial charge in [0.25, 0.3) is 0 Å². The number of aryl methyl sites for hydroxylation is 1. The maximum atomic E-state index is 13.1. The molecule has 0 radical (unpaired) electrons. The molecule has 1 atom stereocenters. The van der Waals surface area contributed by atoms with Crippen molar-refractivity contribution in [2.45, 2.75) is 38.0 Å². The molecule has 29 heavy (non-hydrogen) atoms. The van der Waals surface area contributed by atoms with Gasteiger partial charge in [0.15, 0.2) is 5.13 Å². The van der Waals surface area contributed by atoms with Gasteiger partial charge in [-0.15, -0.1) is 11.8 Å². The summed E-state index contributed by atoms with van der Waals surface area (Å²) in [7, 11) is 0. The summed E-state index contributed by atoms with van der Waals surface area (Å²) < 4.78 is 6.96. The number of aromatic nitrogens is 1. The van der Waals surface area contributed by atoms with Gasteiger partial charge >= 0.3 is 0 Å². The zero-order valence-corrected chi connectivity index (χ0v) is 18.3. The standard InChI is InChI=1S/C23H26N2O2S2/c1-2-17-10-11-20-21(13-17)29-23(24-20)25(14-19-9-6-12-27-19)22(26)16-28-15-18-7-4-3-5-8-18/h3-5,7-8,10-11,13,19H,2,6,9,12,14-16H2,1H3. The maximum Gasteiger partial charge on any atom is 0.238 e. The molecule has 6 heteroatoms. The lowest BCUT2D eigenvalue weighted by Crippen LogP contribution is -2.38. The summed E-state index contributed by atoms with van der Waals surface area (Å²) in [6.07, 6.45) is 3.18. The number of nitrogens with zero attached hydrogens (tertiary/aromatic N) is 2. The van der Waals surface area contributed by atoms with Gasteiger partial charge < -0.3 is 4.74 Å². The van der Waals surface area contributed by atoms with Gasteiger partial charge in [-0.2, -0.15) is 0 Å². The van der Waals surface area contributed by atoms with Gasteiger partial charge in [0.05, 0.1) is 28.6 Å². The molecule has 2 aromatic carbocycles. The van der Waals surface area contributed by atoms with Crippen molar-refractivity contribution in [2.75, 3.05) is 23.8 Å². The molecule has 0 spiro atoms. The summed E-state index contributed by atoms with van der Waals surface area (Å²) in [5.41, 5.74) is 3.50. The zero-order valence-electron chi connectivity index (χ0n) is 16.7. The Morgan fingerprint density at radius 1 is 1.24 bits per heavy atom. The first-order chi connectivity index (χ1) is 14.2. The van der Waals surface area contributed by atoms with Crippen molar-refractivity contribution in [1.82, 2.24) is 4.98 Å². The van der Waals surface area contributed by atoms with Crippen LogP contribution >= 0.6 is 23.1 Å². The SMILES string of the molecule is CCc1ccc2nc(N(CC3CCCO3)C(=O)CSCc3ccccc3)sc2c1. The third kappa shape index (κ3) is 5.18. The molecule has 0 saturated carbocycles. The Balaban J connectivity index is 1.50. The minimum Gasteiger partial charge on any atom is -0.376 e. The summed E-state index contributed by atoms with van der Waals surface area (Å²) >= 11 is 3.26. The lowest BCUT2D eigenvalue weighted by atomic mass is 10.2. The number of ether oxygens (including phenoxy) is 1. The molecule has 3 aromatic rings. The van der Waals surface area contributed by atoms with Crippen LogP contribution in [0.15, 0.2) is 48.5 Å². The van der Waals surface area contributed by atoms with Crippen LogP contribution < -0.4 is 4.90 Å². The molecule has 2 heterocycles. The van der Waals surface area contributed by atoms with Crippen molar-refractivity contribution >= 4 is 44.4 Å². The van der Waals surface area contributed by atoms with Gasteiger partial charge in [0.2, 0.25) is 5.91 Å². The number of amides is 1. The Morgan fingerprint density at radius 3 is 2.86 bits per heavy atom. The van der Waals surface area contributed by atoms with Crippen LogP contribution in [-0.4, -0.2) is 35.9 Å². The zero-order chi connectivity index (χ0) is 20.1. The lowest BCUT2D eigenvalue weighted by Gasteiger charge is -2.23. The highest BCUT2D eigenvalue weighted by Gasteiger charge is 2.26. The molecule has 1 aliphatic heterocycles. The van der Waals surface area contributed by atoms with Crippen molar-refractivity contribution in [2.24, 2.45) is 0 Å². The average Bonchev–Trinajstić information content (AvgIpc) is 3.41. The maximum absolute atomic E-state index is 13.1. The number of thiazole rings is 1. The first kappa shape index (κ1) is 20.4. The third-order valence-corrected chi connectivity index (χ3v) is 7.16. The van der Waals surface area contributed by atoms with E-state index in [0.717, 1.165) is 47.0 Å². The van der Waals surface area contributed by atoms with E-state index in [1.54, 1.807) is 23.1 Å². The smallest absolute Gasteiger partial charge is 0.238 e. The van der Waals surface area contributed by atoms with E-state index in [1.807, 2.05) is 23.1 Å². The Hall–Kier alpha value is -1.89. The Morgan fingerprint density at radius 2 is 2.10 bits per heavy atom. The first-order valence-corrected chi connectivity index (χ1v) is 12.1. The molecule has 1 amide bonds. The van der Waals surface area contributed by atoms with Crippen LogP contribution in [0.3, 0.4) is 0 Å². The van der Waals surface area contributed by atoms with E-state index >= 15 is 0 Å². The third-order valence-electron chi connectivity index (χ3n) is 5.13. The fourth-order valence-corrected chi connectivity index (χ4v) is 5.40. The lowest BCUT2D eigenvalue weighted by molar-refractivity contribution is -0.116. The number of hydrogen-bond acceptors (Lipinski definition) is 5. The summed E-state index contributed by atoms with van der Waals surface area (Å²) in [4.78, 5) is 19.8. The van der Waals surface area contributed by atoms with E-state index in [9.17, 15) is 4.79 Å². The molecule has 4 rings (SSSR count). The highest BCUT2D eigenvalue weighted by atomic mass is 32.2. The quantitative estimate of drug-likeness (QED) is 0.490. The predicted molar refractivity (Wildman–Crippen MR) is 123 cm³/mol. The van der Waals surface area contributed by atoms with Crippen LogP contribution in [0, 0.1) is 0 Å². The van der Waals surface area contributed by atoms with Crippen molar-refractivity contribution in [3.8, 4) is 0 Å². The van der Waals surface area contributed by atoms with Gasteiger partial charge in [-0.05, 0) is 42.5 Å². The number of thioether (sulfide) groups is 1. The largest absolute Gasteiger partial charge is 0.376 e. The van der Waals surface area contributed by atoms with Crippen LogP contribution in [0.5, 0.6) is 0 Å². The number of rotatable bonds is 8. The highest BCUT2D eigenvalue weighted by Crippen LogP contribution is 2.31. The second-order valence-corrected chi connectivity index (χ2v) is 9.26. The van der Waals surface area contributed by atoms with Crippen LogP contribution in [0.1, 0.15) is 30.9 Å². The summed E-state index contributed by atoms with van der Waals surface area (Å²) in [5, 5.41) is 0.786. The van der Waals surface area contributed by atoms with E-state index in [4.69, 9.17) is 9.72 Å². The molecular formula is C23H26N2O2S2. The molecule has 152 valence electrons. The van der Waals surface area contributed by atoms with Crippen LogP contribution in [0.4, 0.5) is 5.13 Å². The first-order valence-electron chi connectivity index (χ1n) is 10.2. The topological polar surface area (TPSA) is 42.4 Å². The monoisotopic (exact) mass is 426 g/mol. The van der Waals surface area contributed by atoms with Gasteiger partial charge in [-0.25, -0.2) is 4.98 Å². The number of benzene rings is 2. The minimum atomic E-state index is 0.108. The van der Waals surface area contributed by atoms with Crippen LogP contribution in [-0.2, 0) is 21.7 Å². The Kier molecular flexibility index (Phi) is 6.85. The normalized spacial score (nSPS) is 16.4. The second-order valence-electron chi connectivity index (χ2n) is 7.27.